The zero-order valence-corrected chi connectivity index (χ0v) is 10.5. The minimum atomic E-state index is -0.813. The molecule has 0 heterocycles. The number of nitrogens with one attached hydrogen (secondary N) is 1. The Hall–Kier alpha value is -1.88. The molecule has 0 aliphatic rings. The van der Waals surface area contributed by atoms with Crippen LogP contribution in [0.1, 0.15) is 12.5 Å². The number of aliphatic carboxylic acids is 1. The van der Waals surface area contributed by atoms with Gasteiger partial charge < -0.3 is 15.2 Å². The zero-order chi connectivity index (χ0) is 13.5. The zero-order valence-electron chi connectivity index (χ0n) is 10.5. The molecule has 0 aromatic heterocycles. The monoisotopic (exact) mass is 251 g/mol. The van der Waals surface area contributed by atoms with E-state index in [0.29, 0.717) is 12.1 Å². The predicted octanol–water partition coefficient (Wildman–Crippen LogP) is 1.53. The molecule has 0 spiro atoms. The van der Waals surface area contributed by atoms with E-state index in [9.17, 15) is 9.59 Å². The maximum absolute atomic E-state index is 11.3. The Labute approximate surface area is 106 Å². The number of carboxylic acids is 1. The molecule has 1 atom stereocenters. The van der Waals surface area contributed by atoms with Crippen LogP contribution < -0.4 is 5.32 Å². The van der Waals surface area contributed by atoms with E-state index < -0.39 is 11.9 Å². The van der Waals surface area contributed by atoms with Crippen LogP contribution in [0.15, 0.2) is 24.3 Å². The van der Waals surface area contributed by atoms with Gasteiger partial charge in [0.1, 0.15) is 6.61 Å². The van der Waals surface area contributed by atoms with Crippen molar-refractivity contribution in [2.45, 2.75) is 13.3 Å². The van der Waals surface area contributed by atoms with Gasteiger partial charge in [-0.3, -0.25) is 9.59 Å². The topological polar surface area (TPSA) is 75.6 Å². The molecule has 5 heteroatoms. The molecule has 0 bridgehead atoms. The third-order valence-electron chi connectivity index (χ3n) is 2.48. The maximum Gasteiger partial charge on any atom is 0.306 e. The molecule has 1 amide bonds. The first kappa shape index (κ1) is 14.2. The molecular weight excluding hydrogens is 234 g/mol. The quantitative estimate of drug-likeness (QED) is 0.804. The molecule has 5 nitrogen and oxygen atoms in total. The van der Waals surface area contributed by atoms with Gasteiger partial charge in [0.2, 0.25) is 5.91 Å². The Balaban J connectivity index is 2.57. The standard InChI is InChI=1S/C13H17NO4/c1-9(13(16)17)7-10-3-5-11(6-4-10)14-12(15)8-18-2/h3-6,9H,7-8H2,1-2H3,(H,14,15)(H,16,17)/t9-/m1/s1. The van der Waals surface area contributed by atoms with E-state index in [1.807, 2.05) is 12.1 Å². The summed E-state index contributed by atoms with van der Waals surface area (Å²) in [6, 6.07) is 7.11. The maximum atomic E-state index is 11.3. The molecule has 1 rings (SSSR count). The highest BCUT2D eigenvalue weighted by Gasteiger charge is 2.11. The molecule has 0 saturated carbocycles. The average Bonchev–Trinajstić information content (AvgIpc) is 2.31. The lowest BCUT2D eigenvalue weighted by atomic mass is 10.0. The Morgan fingerprint density at radius 1 is 1.33 bits per heavy atom. The van der Waals surface area contributed by atoms with Crippen LogP contribution in [0.25, 0.3) is 0 Å². The first-order chi connectivity index (χ1) is 8.52. The summed E-state index contributed by atoms with van der Waals surface area (Å²) in [6.07, 6.45) is 0.474. The number of carboxylic acid groups (broad SMARTS) is 1. The number of methoxy groups -OCH3 is 1. The number of ether oxygens (including phenoxy) is 1. The highest BCUT2D eigenvalue weighted by molar-refractivity contribution is 5.91. The van der Waals surface area contributed by atoms with Gasteiger partial charge in [0.05, 0.1) is 5.92 Å². The van der Waals surface area contributed by atoms with Crippen LogP contribution in [-0.4, -0.2) is 30.7 Å². The van der Waals surface area contributed by atoms with E-state index in [1.54, 1.807) is 19.1 Å². The van der Waals surface area contributed by atoms with Crippen LogP contribution in [0, 0.1) is 5.92 Å². The van der Waals surface area contributed by atoms with Crippen LogP contribution in [0.4, 0.5) is 5.69 Å². The Kier molecular flexibility index (Phi) is 5.32. The molecule has 0 unspecified atom stereocenters. The number of carbonyl (C=O) groups excluding carboxylic acids is 1. The van der Waals surface area contributed by atoms with Gasteiger partial charge in [0.15, 0.2) is 0 Å². The minimum Gasteiger partial charge on any atom is -0.481 e. The largest absolute Gasteiger partial charge is 0.481 e. The molecular formula is C13H17NO4. The average molecular weight is 251 g/mol. The van der Waals surface area contributed by atoms with E-state index in [0.717, 1.165) is 5.56 Å². The summed E-state index contributed by atoms with van der Waals surface area (Å²) < 4.78 is 4.70. The van der Waals surface area contributed by atoms with E-state index in [1.165, 1.54) is 7.11 Å². The molecule has 18 heavy (non-hydrogen) atoms. The van der Waals surface area contributed by atoms with Crippen molar-refractivity contribution in [2.24, 2.45) is 5.92 Å². The summed E-state index contributed by atoms with van der Waals surface area (Å²) in [5.74, 6) is -1.45. The number of carbonyl (C=O) groups is 2. The molecule has 98 valence electrons. The fourth-order valence-corrected chi connectivity index (χ4v) is 1.49. The molecule has 2 N–H and O–H groups in total. The highest BCUT2D eigenvalue weighted by Crippen LogP contribution is 2.13. The normalized spacial score (nSPS) is 11.9. The van der Waals surface area contributed by atoms with E-state index >= 15 is 0 Å². The van der Waals surface area contributed by atoms with Gasteiger partial charge in [0, 0.05) is 12.8 Å². The number of anilines is 1. The van der Waals surface area contributed by atoms with Crippen molar-refractivity contribution in [1.82, 2.24) is 0 Å². The number of hydrogen-bond donors (Lipinski definition) is 2. The van der Waals surface area contributed by atoms with Gasteiger partial charge in [-0.2, -0.15) is 0 Å². The van der Waals surface area contributed by atoms with Crippen LogP contribution in [0.2, 0.25) is 0 Å². The van der Waals surface area contributed by atoms with E-state index in [2.05, 4.69) is 5.32 Å². The SMILES string of the molecule is COCC(=O)Nc1ccc(C[C@@H](C)C(=O)O)cc1. The van der Waals surface area contributed by atoms with Crippen molar-refractivity contribution >= 4 is 17.6 Å². The minimum absolute atomic E-state index is 0.0117. The molecule has 0 radical (unpaired) electrons. The summed E-state index contributed by atoms with van der Waals surface area (Å²) in [5, 5.41) is 11.5. The van der Waals surface area contributed by atoms with Crippen molar-refractivity contribution in [2.75, 3.05) is 19.0 Å². The van der Waals surface area contributed by atoms with E-state index in [-0.39, 0.29) is 12.5 Å². The number of hydrogen-bond acceptors (Lipinski definition) is 3. The van der Waals surface area contributed by atoms with Crippen LogP contribution in [0.5, 0.6) is 0 Å². The van der Waals surface area contributed by atoms with Gasteiger partial charge in [-0.15, -0.1) is 0 Å². The Morgan fingerprint density at radius 3 is 2.44 bits per heavy atom. The third-order valence-corrected chi connectivity index (χ3v) is 2.48. The second-order valence-corrected chi connectivity index (χ2v) is 4.12. The van der Waals surface area contributed by atoms with Crippen molar-refractivity contribution < 1.29 is 19.4 Å². The lowest BCUT2D eigenvalue weighted by Crippen LogP contribution is -2.17. The van der Waals surface area contributed by atoms with Gasteiger partial charge in [-0.05, 0) is 24.1 Å². The molecule has 0 aliphatic carbocycles. The lowest BCUT2D eigenvalue weighted by Gasteiger charge is -2.08. The summed E-state index contributed by atoms with van der Waals surface area (Å²) >= 11 is 0. The molecule has 1 aromatic carbocycles. The number of benzene rings is 1. The molecule has 0 saturated heterocycles. The Bertz CT molecular complexity index is 414. The Morgan fingerprint density at radius 2 is 1.94 bits per heavy atom. The first-order valence-electron chi connectivity index (χ1n) is 5.63. The molecule has 0 aliphatic heterocycles. The van der Waals surface area contributed by atoms with Gasteiger partial charge >= 0.3 is 5.97 Å². The van der Waals surface area contributed by atoms with Crippen molar-refractivity contribution in [3.05, 3.63) is 29.8 Å². The van der Waals surface area contributed by atoms with Crippen molar-refractivity contribution in [3.8, 4) is 0 Å². The number of amides is 1. The molecule has 1 aromatic rings. The molecule has 0 fully saturated rings. The fourth-order valence-electron chi connectivity index (χ4n) is 1.49. The van der Waals surface area contributed by atoms with Gasteiger partial charge in [-0.25, -0.2) is 0 Å². The predicted molar refractivity (Wildman–Crippen MR) is 67.5 cm³/mol. The van der Waals surface area contributed by atoms with Gasteiger partial charge in [0.25, 0.3) is 0 Å². The van der Waals surface area contributed by atoms with Crippen LogP contribution in [0.3, 0.4) is 0 Å². The third kappa shape index (κ3) is 4.55. The van der Waals surface area contributed by atoms with Crippen LogP contribution >= 0.6 is 0 Å². The highest BCUT2D eigenvalue weighted by atomic mass is 16.5. The van der Waals surface area contributed by atoms with Crippen molar-refractivity contribution in [1.29, 1.82) is 0 Å². The number of rotatable bonds is 6. The summed E-state index contributed by atoms with van der Waals surface area (Å²) in [7, 11) is 1.45. The first-order valence-corrected chi connectivity index (χ1v) is 5.63. The van der Waals surface area contributed by atoms with Gasteiger partial charge in [-0.1, -0.05) is 19.1 Å². The summed E-state index contributed by atoms with van der Waals surface area (Å²) in [5.41, 5.74) is 1.60. The van der Waals surface area contributed by atoms with E-state index in [4.69, 9.17) is 9.84 Å². The van der Waals surface area contributed by atoms with Crippen molar-refractivity contribution in [3.63, 3.8) is 0 Å². The van der Waals surface area contributed by atoms with Crippen LogP contribution in [-0.2, 0) is 20.7 Å². The summed E-state index contributed by atoms with van der Waals surface area (Å²) in [6.45, 7) is 1.68. The lowest BCUT2D eigenvalue weighted by molar-refractivity contribution is -0.141. The second-order valence-electron chi connectivity index (χ2n) is 4.12. The summed E-state index contributed by atoms with van der Waals surface area (Å²) in [4.78, 5) is 22.0. The second kappa shape index (κ2) is 6.76. The fraction of sp³-hybridized carbons (Fsp3) is 0.385. The smallest absolute Gasteiger partial charge is 0.306 e.